The minimum atomic E-state index is -0.148. The molecule has 2 amide bonds. The van der Waals surface area contributed by atoms with Crippen LogP contribution in [-0.2, 0) is 11.2 Å². The summed E-state index contributed by atoms with van der Waals surface area (Å²) in [5.74, 6) is 0.684. The highest BCUT2D eigenvalue weighted by Crippen LogP contribution is 2.23. The number of carbonyl (C=O) groups is 2. The van der Waals surface area contributed by atoms with Gasteiger partial charge in [-0.2, -0.15) is 0 Å². The van der Waals surface area contributed by atoms with Gasteiger partial charge in [-0.3, -0.25) is 9.59 Å². The molecule has 0 radical (unpaired) electrons. The lowest BCUT2D eigenvalue weighted by molar-refractivity contribution is -0.127. The Labute approximate surface area is 160 Å². The van der Waals surface area contributed by atoms with Crippen LogP contribution in [0.2, 0.25) is 0 Å². The smallest absolute Gasteiger partial charge is 0.251 e. The van der Waals surface area contributed by atoms with E-state index in [0.717, 1.165) is 35.5 Å². The van der Waals surface area contributed by atoms with Crippen molar-refractivity contribution in [2.45, 2.75) is 46.1 Å². The van der Waals surface area contributed by atoms with E-state index in [9.17, 15) is 9.59 Å². The first-order chi connectivity index (χ1) is 13.0. The predicted molar refractivity (Wildman–Crippen MR) is 104 cm³/mol. The van der Waals surface area contributed by atoms with Crippen molar-refractivity contribution < 1.29 is 9.59 Å². The molecule has 1 aliphatic heterocycles. The van der Waals surface area contributed by atoms with Crippen LogP contribution in [0.4, 0.5) is 0 Å². The Bertz CT molecular complexity index is 833. The van der Waals surface area contributed by atoms with Gasteiger partial charge in [0.25, 0.3) is 5.91 Å². The van der Waals surface area contributed by atoms with E-state index in [4.69, 9.17) is 0 Å². The number of benzene rings is 1. The van der Waals surface area contributed by atoms with E-state index < -0.39 is 0 Å². The average molecular weight is 366 g/mol. The molecule has 1 saturated heterocycles. The molecule has 2 aromatic rings. The molecule has 6 nitrogen and oxygen atoms in total. The highest BCUT2D eigenvalue weighted by Gasteiger charge is 2.29. The number of aryl methyl sites for hydroxylation is 2. The summed E-state index contributed by atoms with van der Waals surface area (Å²) >= 11 is 0. The minimum absolute atomic E-state index is 0.0979. The molecule has 6 heteroatoms. The van der Waals surface area contributed by atoms with Crippen molar-refractivity contribution in [1.82, 2.24) is 20.2 Å². The van der Waals surface area contributed by atoms with Gasteiger partial charge < -0.3 is 10.2 Å². The van der Waals surface area contributed by atoms with Crippen molar-refractivity contribution in [3.63, 3.8) is 0 Å². The van der Waals surface area contributed by atoms with Crippen LogP contribution in [0.3, 0.4) is 0 Å². The molecular weight excluding hydrogens is 340 g/mol. The molecular formula is C21H26N4O2. The lowest BCUT2D eigenvalue weighted by Gasteiger charge is -2.15. The highest BCUT2D eigenvalue weighted by molar-refractivity contribution is 5.95. The first-order valence-corrected chi connectivity index (χ1v) is 9.53. The van der Waals surface area contributed by atoms with Gasteiger partial charge in [0.05, 0.1) is 11.7 Å². The van der Waals surface area contributed by atoms with Crippen molar-refractivity contribution in [3.8, 4) is 11.3 Å². The van der Waals surface area contributed by atoms with Crippen LogP contribution in [0, 0.1) is 6.92 Å². The largest absolute Gasteiger partial charge is 0.347 e. The van der Waals surface area contributed by atoms with E-state index in [2.05, 4.69) is 22.2 Å². The van der Waals surface area contributed by atoms with Crippen molar-refractivity contribution in [3.05, 3.63) is 47.4 Å². The standard InChI is InChI=1S/C21H26N4O2/c1-4-6-17-12-22-14(3)23-20(17)15-7-9-16(10-8-15)21(27)24-18-11-19(26)25(5-2)13-18/h7-10,12,18H,4-6,11,13H2,1-3H3,(H,24,27)/t18-/m1/s1. The zero-order valence-corrected chi connectivity index (χ0v) is 16.2. The van der Waals surface area contributed by atoms with Crippen molar-refractivity contribution in [1.29, 1.82) is 0 Å². The number of nitrogens with one attached hydrogen (secondary N) is 1. The Balaban J connectivity index is 1.73. The number of amides is 2. The molecule has 0 bridgehead atoms. The van der Waals surface area contributed by atoms with E-state index in [0.29, 0.717) is 25.1 Å². The van der Waals surface area contributed by atoms with Crippen LogP contribution < -0.4 is 5.32 Å². The molecule has 1 fully saturated rings. The molecule has 1 N–H and O–H groups in total. The molecule has 142 valence electrons. The van der Waals surface area contributed by atoms with E-state index in [1.807, 2.05) is 44.3 Å². The van der Waals surface area contributed by atoms with Crippen LogP contribution in [0.25, 0.3) is 11.3 Å². The van der Waals surface area contributed by atoms with Gasteiger partial charge in [0.1, 0.15) is 5.82 Å². The SMILES string of the molecule is CCCc1cnc(C)nc1-c1ccc(C(=O)N[C@@H]2CC(=O)N(CC)C2)cc1. The average Bonchev–Trinajstić information content (AvgIpc) is 3.02. The monoisotopic (exact) mass is 366 g/mol. The number of carbonyl (C=O) groups excluding carboxylic acids is 2. The second kappa shape index (κ2) is 8.29. The maximum atomic E-state index is 12.5. The fourth-order valence-electron chi connectivity index (χ4n) is 3.42. The Morgan fingerprint density at radius 3 is 2.63 bits per heavy atom. The molecule has 3 rings (SSSR count). The number of aromatic nitrogens is 2. The normalized spacial score (nSPS) is 16.6. The quantitative estimate of drug-likeness (QED) is 0.853. The molecule has 1 aromatic carbocycles. The molecule has 0 saturated carbocycles. The first-order valence-electron chi connectivity index (χ1n) is 9.53. The summed E-state index contributed by atoms with van der Waals surface area (Å²) in [7, 11) is 0. The summed E-state index contributed by atoms with van der Waals surface area (Å²) in [6, 6.07) is 7.35. The maximum absolute atomic E-state index is 12.5. The van der Waals surface area contributed by atoms with Crippen molar-refractivity contribution in [2.75, 3.05) is 13.1 Å². The topological polar surface area (TPSA) is 75.2 Å². The van der Waals surface area contributed by atoms with Crippen LogP contribution in [0.15, 0.2) is 30.5 Å². The number of hydrogen-bond donors (Lipinski definition) is 1. The number of nitrogens with zero attached hydrogens (tertiary/aromatic N) is 3. The summed E-state index contributed by atoms with van der Waals surface area (Å²) in [5, 5.41) is 2.96. The fraction of sp³-hybridized carbons (Fsp3) is 0.429. The maximum Gasteiger partial charge on any atom is 0.251 e. The summed E-state index contributed by atoms with van der Waals surface area (Å²) in [6.07, 6.45) is 4.20. The fourth-order valence-corrected chi connectivity index (χ4v) is 3.42. The highest BCUT2D eigenvalue weighted by atomic mass is 16.2. The third kappa shape index (κ3) is 4.32. The number of rotatable bonds is 6. The van der Waals surface area contributed by atoms with Crippen LogP contribution >= 0.6 is 0 Å². The second-order valence-electron chi connectivity index (χ2n) is 6.93. The number of likely N-dealkylation sites (tertiary alicyclic amines) is 1. The summed E-state index contributed by atoms with van der Waals surface area (Å²) < 4.78 is 0. The molecule has 2 heterocycles. The summed E-state index contributed by atoms with van der Waals surface area (Å²) in [4.78, 5) is 35.0. The van der Waals surface area contributed by atoms with Crippen LogP contribution in [-0.4, -0.2) is 45.8 Å². The Kier molecular flexibility index (Phi) is 5.84. The van der Waals surface area contributed by atoms with Crippen LogP contribution in [0.5, 0.6) is 0 Å². The second-order valence-corrected chi connectivity index (χ2v) is 6.93. The minimum Gasteiger partial charge on any atom is -0.347 e. The molecule has 1 aliphatic rings. The number of hydrogen-bond acceptors (Lipinski definition) is 4. The van der Waals surface area contributed by atoms with Crippen LogP contribution in [0.1, 0.15) is 48.4 Å². The third-order valence-electron chi connectivity index (χ3n) is 4.86. The Hall–Kier alpha value is -2.76. The molecule has 1 aromatic heterocycles. The van der Waals surface area contributed by atoms with E-state index in [-0.39, 0.29) is 17.9 Å². The van der Waals surface area contributed by atoms with Crippen molar-refractivity contribution in [2.24, 2.45) is 0 Å². The van der Waals surface area contributed by atoms with E-state index in [1.165, 1.54) is 0 Å². The van der Waals surface area contributed by atoms with Crippen molar-refractivity contribution >= 4 is 11.8 Å². The summed E-state index contributed by atoms with van der Waals surface area (Å²) in [5.41, 5.74) is 3.61. The molecule has 27 heavy (non-hydrogen) atoms. The van der Waals surface area contributed by atoms with Gasteiger partial charge in [0.15, 0.2) is 0 Å². The van der Waals surface area contributed by atoms with E-state index >= 15 is 0 Å². The van der Waals surface area contributed by atoms with Gasteiger partial charge >= 0.3 is 0 Å². The zero-order chi connectivity index (χ0) is 19.4. The molecule has 0 unspecified atom stereocenters. The van der Waals surface area contributed by atoms with Gasteiger partial charge in [0.2, 0.25) is 5.91 Å². The molecule has 1 atom stereocenters. The van der Waals surface area contributed by atoms with Gasteiger partial charge in [-0.25, -0.2) is 9.97 Å². The Morgan fingerprint density at radius 1 is 1.26 bits per heavy atom. The number of likely N-dealkylation sites (N-methyl/N-ethyl adjacent to an activating group) is 1. The Morgan fingerprint density at radius 2 is 2.00 bits per heavy atom. The van der Waals surface area contributed by atoms with Gasteiger partial charge in [-0.1, -0.05) is 25.5 Å². The molecule has 0 aliphatic carbocycles. The summed E-state index contributed by atoms with van der Waals surface area (Å²) in [6.45, 7) is 7.22. The van der Waals surface area contributed by atoms with Gasteiger partial charge in [0, 0.05) is 36.8 Å². The predicted octanol–water partition coefficient (Wildman–Crippen LogP) is 2.76. The zero-order valence-electron chi connectivity index (χ0n) is 16.2. The lowest BCUT2D eigenvalue weighted by atomic mass is 10.0. The third-order valence-corrected chi connectivity index (χ3v) is 4.86. The van der Waals surface area contributed by atoms with Gasteiger partial charge in [-0.05, 0) is 38.0 Å². The van der Waals surface area contributed by atoms with E-state index in [1.54, 1.807) is 4.90 Å². The van der Waals surface area contributed by atoms with Gasteiger partial charge in [-0.15, -0.1) is 0 Å². The first kappa shape index (κ1) is 19.0. The molecule has 0 spiro atoms. The lowest BCUT2D eigenvalue weighted by Crippen LogP contribution is -2.37.